The summed E-state index contributed by atoms with van der Waals surface area (Å²) >= 11 is 0. The molecule has 0 fully saturated rings. The number of aromatic hydroxyl groups is 1. The van der Waals surface area contributed by atoms with Gasteiger partial charge in [-0.2, -0.15) is 9.78 Å². The summed E-state index contributed by atoms with van der Waals surface area (Å²) in [6, 6.07) is 6.06. The van der Waals surface area contributed by atoms with Crippen LogP contribution < -0.4 is 0 Å². The lowest BCUT2D eigenvalue weighted by Gasteiger charge is -2.01. The molecule has 1 aromatic carbocycles. The van der Waals surface area contributed by atoms with Crippen LogP contribution >= 0.6 is 0 Å². The minimum Gasteiger partial charge on any atom is -0.493 e. The second-order valence-corrected chi connectivity index (χ2v) is 6.19. The predicted octanol–water partition coefficient (Wildman–Crippen LogP) is 4.19. The first-order chi connectivity index (χ1) is 11.1. The average molecular weight is 312 g/mol. The van der Waals surface area contributed by atoms with E-state index in [9.17, 15) is 5.11 Å². The quantitative estimate of drug-likeness (QED) is 0.671. The van der Waals surface area contributed by atoms with E-state index in [1.165, 1.54) is 23.9 Å². The van der Waals surface area contributed by atoms with Gasteiger partial charge in [0.05, 0.1) is 16.7 Å². The van der Waals surface area contributed by atoms with E-state index in [1.807, 2.05) is 32.0 Å². The lowest BCUT2D eigenvalue weighted by molar-refractivity contribution is 0.424. The SMILES string of the molecule is CCCCCCc1c(C)nn(-c2nc3cc(C)ccc3[nH]2)c1O. The molecular formula is C18H24N4O. The smallest absolute Gasteiger partial charge is 0.232 e. The molecule has 0 saturated carbocycles. The molecule has 0 amide bonds. The number of aromatic nitrogens is 4. The van der Waals surface area contributed by atoms with E-state index < -0.39 is 0 Å². The molecule has 3 rings (SSSR count). The maximum absolute atomic E-state index is 10.5. The van der Waals surface area contributed by atoms with Gasteiger partial charge in [-0.3, -0.25) is 0 Å². The zero-order chi connectivity index (χ0) is 16.4. The number of nitrogens with one attached hydrogen (secondary N) is 1. The van der Waals surface area contributed by atoms with Crippen LogP contribution in [-0.2, 0) is 6.42 Å². The van der Waals surface area contributed by atoms with E-state index in [1.54, 1.807) is 0 Å². The molecule has 23 heavy (non-hydrogen) atoms. The molecule has 0 radical (unpaired) electrons. The molecule has 2 aromatic heterocycles. The third-order valence-electron chi connectivity index (χ3n) is 4.26. The average Bonchev–Trinajstić information content (AvgIpc) is 3.05. The second-order valence-electron chi connectivity index (χ2n) is 6.19. The van der Waals surface area contributed by atoms with Crippen molar-refractivity contribution >= 4 is 11.0 Å². The van der Waals surface area contributed by atoms with Crippen LogP contribution in [0.25, 0.3) is 17.0 Å². The fourth-order valence-corrected chi connectivity index (χ4v) is 2.92. The summed E-state index contributed by atoms with van der Waals surface area (Å²) in [5.41, 5.74) is 4.79. The van der Waals surface area contributed by atoms with Crippen molar-refractivity contribution in [3.8, 4) is 11.8 Å². The van der Waals surface area contributed by atoms with Crippen molar-refractivity contribution in [1.29, 1.82) is 0 Å². The van der Waals surface area contributed by atoms with E-state index in [2.05, 4.69) is 22.0 Å². The Labute approximate surface area is 136 Å². The van der Waals surface area contributed by atoms with Crippen molar-refractivity contribution in [2.45, 2.75) is 52.9 Å². The molecule has 0 aliphatic rings. The van der Waals surface area contributed by atoms with Gasteiger partial charge < -0.3 is 10.1 Å². The first-order valence-corrected chi connectivity index (χ1v) is 8.34. The number of H-pyrrole nitrogens is 1. The summed E-state index contributed by atoms with van der Waals surface area (Å²) in [6.07, 6.45) is 5.56. The van der Waals surface area contributed by atoms with Gasteiger partial charge in [0.25, 0.3) is 0 Å². The number of nitrogens with zero attached hydrogens (tertiary/aromatic N) is 3. The Hall–Kier alpha value is -2.30. The minimum absolute atomic E-state index is 0.203. The van der Waals surface area contributed by atoms with Crippen molar-refractivity contribution in [3.05, 3.63) is 35.0 Å². The summed E-state index contributed by atoms with van der Waals surface area (Å²) in [6.45, 7) is 6.18. The fourth-order valence-electron chi connectivity index (χ4n) is 2.92. The van der Waals surface area contributed by atoms with Gasteiger partial charge in [-0.25, -0.2) is 4.98 Å². The highest BCUT2D eigenvalue weighted by Crippen LogP contribution is 2.26. The molecule has 0 bridgehead atoms. The lowest BCUT2D eigenvalue weighted by Crippen LogP contribution is -1.98. The topological polar surface area (TPSA) is 66.7 Å². The van der Waals surface area contributed by atoms with E-state index in [0.717, 1.165) is 40.7 Å². The van der Waals surface area contributed by atoms with Crippen LogP contribution in [0.5, 0.6) is 5.88 Å². The molecule has 0 spiro atoms. The maximum Gasteiger partial charge on any atom is 0.232 e. The molecule has 0 saturated heterocycles. The molecule has 5 heteroatoms. The predicted molar refractivity (Wildman–Crippen MR) is 92.2 cm³/mol. The normalized spacial score (nSPS) is 11.4. The Morgan fingerprint density at radius 1 is 1.17 bits per heavy atom. The Bertz CT molecular complexity index is 816. The van der Waals surface area contributed by atoms with Crippen LogP contribution in [0.4, 0.5) is 0 Å². The second kappa shape index (κ2) is 6.44. The summed E-state index contributed by atoms with van der Waals surface area (Å²) < 4.78 is 1.51. The van der Waals surface area contributed by atoms with Gasteiger partial charge in [0.2, 0.25) is 11.8 Å². The van der Waals surface area contributed by atoms with Gasteiger partial charge in [0.1, 0.15) is 0 Å². The fraction of sp³-hybridized carbons (Fsp3) is 0.444. The molecule has 3 aromatic rings. The van der Waals surface area contributed by atoms with Gasteiger partial charge in [-0.15, -0.1) is 0 Å². The van der Waals surface area contributed by atoms with Gasteiger partial charge in [0, 0.05) is 5.56 Å². The standard InChI is InChI=1S/C18H24N4O/c1-4-5-6-7-8-14-13(3)21-22(17(14)23)18-19-15-10-9-12(2)11-16(15)20-18/h9-11,23H,4-8H2,1-3H3,(H,19,20). The van der Waals surface area contributed by atoms with Crippen molar-refractivity contribution in [2.75, 3.05) is 0 Å². The maximum atomic E-state index is 10.5. The molecule has 2 N–H and O–H groups in total. The third-order valence-corrected chi connectivity index (χ3v) is 4.26. The van der Waals surface area contributed by atoms with E-state index in [-0.39, 0.29) is 5.88 Å². The molecule has 0 aliphatic heterocycles. The number of benzene rings is 1. The Morgan fingerprint density at radius 2 is 2.00 bits per heavy atom. The summed E-state index contributed by atoms with van der Waals surface area (Å²) in [4.78, 5) is 7.78. The zero-order valence-corrected chi connectivity index (χ0v) is 14.1. The summed E-state index contributed by atoms with van der Waals surface area (Å²) in [5, 5.41) is 15.0. The molecule has 122 valence electrons. The minimum atomic E-state index is 0.203. The highest BCUT2D eigenvalue weighted by atomic mass is 16.3. The molecular weight excluding hydrogens is 288 g/mol. The molecule has 5 nitrogen and oxygen atoms in total. The van der Waals surface area contributed by atoms with Crippen LogP contribution in [0.15, 0.2) is 18.2 Å². The molecule has 2 heterocycles. The van der Waals surface area contributed by atoms with Crippen molar-refractivity contribution < 1.29 is 5.11 Å². The van der Waals surface area contributed by atoms with Crippen LogP contribution in [0.3, 0.4) is 0 Å². The van der Waals surface area contributed by atoms with Crippen LogP contribution in [-0.4, -0.2) is 24.9 Å². The lowest BCUT2D eigenvalue weighted by atomic mass is 10.1. The number of rotatable bonds is 6. The Kier molecular flexibility index (Phi) is 4.37. The van der Waals surface area contributed by atoms with Crippen molar-refractivity contribution in [2.24, 2.45) is 0 Å². The summed E-state index contributed by atoms with van der Waals surface area (Å²) in [7, 11) is 0. The molecule has 0 atom stereocenters. The van der Waals surface area contributed by atoms with E-state index in [0.29, 0.717) is 5.95 Å². The largest absolute Gasteiger partial charge is 0.493 e. The first-order valence-electron chi connectivity index (χ1n) is 8.34. The van der Waals surface area contributed by atoms with E-state index >= 15 is 0 Å². The van der Waals surface area contributed by atoms with Crippen molar-refractivity contribution in [3.63, 3.8) is 0 Å². The summed E-state index contributed by atoms with van der Waals surface area (Å²) in [5.74, 6) is 0.765. The number of aryl methyl sites for hydroxylation is 2. The number of hydrogen-bond donors (Lipinski definition) is 2. The highest BCUT2D eigenvalue weighted by molar-refractivity contribution is 5.77. The van der Waals surface area contributed by atoms with Gasteiger partial charge in [0.15, 0.2) is 0 Å². The van der Waals surface area contributed by atoms with Crippen LogP contribution in [0, 0.1) is 13.8 Å². The number of hydrogen-bond acceptors (Lipinski definition) is 3. The first kappa shape index (κ1) is 15.6. The number of unbranched alkanes of at least 4 members (excludes halogenated alkanes) is 3. The zero-order valence-electron chi connectivity index (χ0n) is 14.1. The Balaban J connectivity index is 1.89. The third kappa shape index (κ3) is 3.09. The number of fused-ring (bicyclic) bond motifs is 1. The number of aromatic amines is 1. The van der Waals surface area contributed by atoms with Gasteiger partial charge >= 0.3 is 0 Å². The monoisotopic (exact) mass is 312 g/mol. The number of imidazole rings is 1. The van der Waals surface area contributed by atoms with Crippen LogP contribution in [0.2, 0.25) is 0 Å². The van der Waals surface area contributed by atoms with Gasteiger partial charge in [-0.1, -0.05) is 32.3 Å². The highest BCUT2D eigenvalue weighted by Gasteiger charge is 2.17. The van der Waals surface area contributed by atoms with Crippen LogP contribution in [0.1, 0.15) is 49.4 Å². The van der Waals surface area contributed by atoms with Crippen molar-refractivity contribution in [1.82, 2.24) is 19.7 Å². The van der Waals surface area contributed by atoms with Gasteiger partial charge in [-0.05, 0) is 44.4 Å². The Morgan fingerprint density at radius 3 is 2.78 bits per heavy atom. The van der Waals surface area contributed by atoms with E-state index in [4.69, 9.17) is 0 Å². The molecule has 0 aliphatic carbocycles. The molecule has 0 unspecified atom stereocenters.